The van der Waals surface area contributed by atoms with Crippen molar-refractivity contribution in [2.45, 2.75) is 68.1 Å². The van der Waals surface area contributed by atoms with E-state index in [1.165, 1.54) is 18.2 Å². The third-order valence-electron chi connectivity index (χ3n) is 7.85. The van der Waals surface area contributed by atoms with Crippen LogP contribution in [-0.2, 0) is 34.2 Å². The Balaban J connectivity index is 2.20. The third-order valence-corrected chi connectivity index (χ3v) is 7.85. The van der Waals surface area contributed by atoms with Gasteiger partial charge in [-0.15, -0.1) is 0 Å². The second-order valence-corrected chi connectivity index (χ2v) is 10.3. The Morgan fingerprint density at radius 3 is 1.33 bits per heavy atom. The van der Waals surface area contributed by atoms with Gasteiger partial charge in [0, 0.05) is 0 Å². The summed E-state index contributed by atoms with van der Waals surface area (Å²) in [6.45, 7) is 0. The van der Waals surface area contributed by atoms with Crippen molar-refractivity contribution in [1.82, 2.24) is 0 Å². The van der Waals surface area contributed by atoms with Gasteiger partial charge in [-0.25, -0.2) is 0 Å². The molecule has 13 heteroatoms. The summed E-state index contributed by atoms with van der Waals surface area (Å²) in [5.74, 6) is 0. The Labute approximate surface area is 236 Å². The van der Waals surface area contributed by atoms with Gasteiger partial charge in [0.1, 0.15) is 0 Å². The van der Waals surface area contributed by atoms with Crippen molar-refractivity contribution in [2.24, 2.45) is 0 Å². The van der Waals surface area contributed by atoms with Crippen molar-refractivity contribution in [3.63, 3.8) is 0 Å². The van der Waals surface area contributed by atoms with E-state index in [1.807, 2.05) is 0 Å². The van der Waals surface area contributed by atoms with Gasteiger partial charge in [0.2, 0.25) is 0 Å². The molecule has 0 saturated heterocycles. The normalized spacial score (nSPS) is 20.1. The first kappa shape index (κ1) is 31.9. The lowest BCUT2D eigenvalue weighted by molar-refractivity contribution is -0.139. The molecule has 1 aliphatic rings. The van der Waals surface area contributed by atoms with Crippen LogP contribution in [0.2, 0.25) is 0 Å². The Morgan fingerprint density at radius 1 is 0.548 bits per heavy atom. The summed E-state index contributed by atoms with van der Waals surface area (Å²) in [6.07, 6.45) is -13.6. The molecule has 1 aliphatic carbocycles. The smallest absolute Gasteiger partial charge is 0.402 e. The molecule has 3 aromatic rings. The van der Waals surface area contributed by atoms with Crippen LogP contribution in [0.1, 0.15) is 71.9 Å². The molecule has 226 valence electrons. The molecule has 4 rings (SSSR count). The molecule has 42 heavy (non-hydrogen) atoms. The van der Waals surface area contributed by atoms with Gasteiger partial charge in [0.25, 0.3) is 0 Å². The number of hydrogen-bond acceptors (Lipinski definition) is 3. The molecule has 0 aliphatic heterocycles. The Bertz CT molecular complexity index is 1330. The Kier molecular flexibility index (Phi) is 8.79. The van der Waals surface area contributed by atoms with Gasteiger partial charge in [-0.1, -0.05) is 74.2 Å². The van der Waals surface area contributed by atoms with Crippen LogP contribution in [0.5, 0.6) is 0 Å². The maximum absolute atomic E-state index is 14.0. The Hall–Kier alpha value is -3.03. The van der Waals surface area contributed by atoms with Crippen molar-refractivity contribution < 1.29 is 54.2 Å². The predicted octanol–water partition coefficient (Wildman–Crippen LogP) is 8.26. The lowest BCUT2D eigenvalue weighted by Crippen LogP contribution is -2.55. The average Bonchev–Trinajstić information content (AvgIpc) is 2.89. The molecule has 2 N–H and O–H groups in total. The fourth-order valence-electron chi connectivity index (χ4n) is 6.12. The van der Waals surface area contributed by atoms with Gasteiger partial charge in [-0.05, 0) is 53.8 Å². The summed E-state index contributed by atoms with van der Waals surface area (Å²) in [5.41, 5.74) is -8.40. The van der Waals surface area contributed by atoms with Crippen LogP contribution in [0.25, 0.3) is 0 Å². The van der Waals surface area contributed by atoms with Gasteiger partial charge in [0.05, 0.1) is 27.7 Å². The lowest BCUT2D eigenvalue weighted by Gasteiger charge is -2.53. The van der Waals surface area contributed by atoms with E-state index >= 15 is 0 Å². The van der Waals surface area contributed by atoms with Crippen LogP contribution >= 0.6 is 0 Å². The topological polar surface area (TPSA) is 49.7 Å². The van der Waals surface area contributed by atoms with E-state index in [4.69, 9.17) is 4.65 Å². The highest BCUT2D eigenvalue weighted by molar-refractivity contribution is 6.32. The number of halogens is 9. The summed E-state index contributed by atoms with van der Waals surface area (Å²) >= 11 is 0. The molecule has 1 unspecified atom stereocenters. The van der Waals surface area contributed by atoms with Crippen LogP contribution in [0.4, 0.5) is 39.5 Å². The van der Waals surface area contributed by atoms with Gasteiger partial charge < -0.3 is 14.7 Å². The predicted molar refractivity (Wildman–Crippen MR) is 136 cm³/mol. The van der Waals surface area contributed by atoms with E-state index in [1.54, 1.807) is 0 Å². The largest absolute Gasteiger partial charge is 0.634 e. The zero-order valence-electron chi connectivity index (χ0n) is 22.0. The van der Waals surface area contributed by atoms with Crippen molar-refractivity contribution >= 4 is 7.32 Å². The molecule has 0 bridgehead atoms. The van der Waals surface area contributed by atoms with Crippen molar-refractivity contribution in [3.8, 4) is 0 Å². The fourth-order valence-corrected chi connectivity index (χ4v) is 6.12. The highest BCUT2D eigenvalue weighted by Gasteiger charge is 2.57. The molecule has 3 nitrogen and oxygen atoms in total. The van der Waals surface area contributed by atoms with E-state index in [-0.39, 0.29) is 42.4 Å². The van der Waals surface area contributed by atoms with E-state index in [0.717, 1.165) is 48.5 Å². The molecule has 3 aromatic carbocycles. The summed E-state index contributed by atoms with van der Waals surface area (Å²) in [5, 5.41) is 20.3. The first-order valence-corrected chi connectivity index (χ1v) is 13.1. The quantitative estimate of drug-likeness (QED) is 0.228. The molecule has 0 spiro atoms. The summed E-state index contributed by atoms with van der Waals surface area (Å²) in [7, 11) is -2.64. The van der Waals surface area contributed by atoms with Crippen molar-refractivity contribution in [2.75, 3.05) is 0 Å². The molecule has 0 aromatic heterocycles. The van der Waals surface area contributed by atoms with Gasteiger partial charge in [-0.3, -0.25) is 0 Å². The molecule has 1 atom stereocenters. The zero-order valence-corrected chi connectivity index (χ0v) is 22.0. The maximum Gasteiger partial charge on any atom is 0.634 e. The second-order valence-electron chi connectivity index (χ2n) is 10.3. The van der Waals surface area contributed by atoms with Gasteiger partial charge in [-0.2, -0.15) is 39.5 Å². The minimum Gasteiger partial charge on any atom is -0.402 e. The highest BCUT2D eigenvalue weighted by Crippen LogP contribution is 2.58. The van der Waals surface area contributed by atoms with Crippen LogP contribution in [-0.4, -0.2) is 17.4 Å². The zero-order chi connectivity index (χ0) is 31.0. The fraction of sp³-hybridized carbons (Fsp3) is 0.379. The van der Waals surface area contributed by atoms with Crippen molar-refractivity contribution in [3.05, 3.63) is 106 Å². The molecule has 1 fully saturated rings. The SMILES string of the molecule is OB(O)OC1(c2cccc(C(F)(F)F)c2)CCCCCCC1(c1cccc(C(F)(F)F)c1)c1cccc(C(F)(F)F)c1. The van der Waals surface area contributed by atoms with Crippen LogP contribution in [0.3, 0.4) is 0 Å². The lowest BCUT2D eigenvalue weighted by atomic mass is 9.55. The molecule has 0 amide bonds. The van der Waals surface area contributed by atoms with E-state index < -0.39 is 53.6 Å². The first-order valence-electron chi connectivity index (χ1n) is 13.1. The first-order chi connectivity index (χ1) is 19.5. The summed E-state index contributed by atoms with van der Waals surface area (Å²) in [6, 6.07) is 11.3. The molecular weight excluding hydrogens is 578 g/mol. The second kappa shape index (κ2) is 11.6. The summed E-state index contributed by atoms with van der Waals surface area (Å²) in [4.78, 5) is 0. The maximum atomic E-state index is 14.0. The average molecular weight is 604 g/mol. The van der Waals surface area contributed by atoms with Crippen LogP contribution < -0.4 is 0 Å². The van der Waals surface area contributed by atoms with Crippen LogP contribution in [0.15, 0.2) is 72.8 Å². The number of hydrogen-bond donors (Lipinski definition) is 2. The highest BCUT2D eigenvalue weighted by atomic mass is 19.4. The molecular formula is C29H26BF9O3. The van der Waals surface area contributed by atoms with Crippen LogP contribution in [0, 0.1) is 0 Å². The minimum absolute atomic E-state index is 0.182. The summed E-state index contributed by atoms with van der Waals surface area (Å²) < 4.78 is 131. The van der Waals surface area contributed by atoms with E-state index in [0.29, 0.717) is 18.9 Å². The molecule has 0 radical (unpaired) electrons. The monoisotopic (exact) mass is 604 g/mol. The number of benzene rings is 3. The van der Waals surface area contributed by atoms with Gasteiger partial charge >= 0.3 is 25.9 Å². The van der Waals surface area contributed by atoms with Crippen molar-refractivity contribution in [1.29, 1.82) is 0 Å². The Morgan fingerprint density at radius 2 is 0.929 bits per heavy atom. The van der Waals surface area contributed by atoms with Gasteiger partial charge in [0.15, 0.2) is 0 Å². The number of alkyl halides is 9. The molecule has 1 saturated carbocycles. The standard InChI is InChI=1S/C29H26BF9O3/c31-27(32,33)22-11-5-8-19(16-22)25(20-9-6-12-23(17-20)28(34,35)36)14-3-1-2-4-15-26(25,42-30(40)41)21-10-7-13-24(18-21)29(37,38)39/h5-13,16-18,40-41H,1-4,14-15H2. The van der Waals surface area contributed by atoms with E-state index in [9.17, 15) is 49.6 Å². The molecule has 0 heterocycles. The third kappa shape index (κ3) is 6.18. The van der Waals surface area contributed by atoms with E-state index in [2.05, 4.69) is 0 Å². The number of rotatable bonds is 5. The minimum atomic E-state index is -4.87.